The number of rotatable bonds is 9. The van der Waals surface area contributed by atoms with Gasteiger partial charge in [-0.25, -0.2) is 4.98 Å². The number of halogens is 3. The molecule has 142 valence electrons. The molecule has 2 aromatic carbocycles. The number of nitrogens with zero attached hydrogens (tertiary/aromatic N) is 2. The Labute approximate surface area is 174 Å². The monoisotopic (exact) mass is 423 g/mol. The minimum atomic E-state index is 0.299. The van der Waals surface area contributed by atoms with Gasteiger partial charge >= 0.3 is 0 Å². The summed E-state index contributed by atoms with van der Waals surface area (Å²) in [5, 5.41) is 5.29. The van der Waals surface area contributed by atoms with Crippen molar-refractivity contribution in [2.24, 2.45) is 0 Å². The van der Waals surface area contributed by atoms with E-state index in [9.17, 15) is 0 Å². The fourth-order valence-corrected chi connectivity index (χ4v) is 3.38. The molecule has 0 aliphatic rings. The zero-order chi connectivity index (χ0) is 19.1. The van der Waals surface area contributed by atoms with Crippen molar-refractivity contribution in [1.82, 2.24) is 14.9 Å². The molecule has 0 bridgehead atoms. The molecule has 4 nitrogen and oxygen atoms in total. The lowest BCUT2D eigenvalue weighted by Gasteiger charge is -2.14. The smallest absolute Gasteiger partial charge is 0.124 e. The van der Waals surface area contributed by atoms with Crippen LogP contribution in [0.15, 0.2) is 55.1 Å². The van der Waals surface area contributed by atoms with Crippen molar-refractivity contribution in [1.29, 1.82) is 0 Å². The van der Waals surface area contributed by atoms with Gasteiger partial charge in [0.15, 0.2) is 0 Å². The van der Waals surface area contributed by atoms with E-state index < -0.39 is 0 Å². The highest BCUT2D eigenvalue weighted by atomic mass is 35.5. The topological polar surface area (TPSA) is 39.1 Å². The van der Waals surface area contributed by atoms with E-state index in [1.54, 1.807) is 18.3 Å². The van der Waals surface area contributed by atoms with Gasteiger partial charge in [-0.3, -0.25) is 0 Å². The van der Waals surface area contributed by atoms with Gasteiger partial charge in [0.25, 0.3) is 0 Å². The second-order valence-corrected chi connectivity index (χ2v) is 7.32. The molecule has 7 heteroatoms. The molecule has 0 aliphatic heterocycles. The first-order valence-corrected chi connectivity index (χ1v) is 9.77. The number of hydrogen-bond acceptors (Lipinski definition) is 3. The van der Waals surface area contributed by atoms with Gasteiger partial charge in [0.1, 0.15) is 12.4 Å². The highest BCUT2D eigenvalue weighted by molar-refractivity contribution is 6.36. The average Bonchev–Trinajstić information content (AvgIpc) is 3.16. The molecule has 0 amide bonds. The Balaban J connectivity index is 1.56. The van der Waals surface area contributed by atoms with Gasteiger partial charge in [0, 0.05) is 51.7 Å². The zero-order valence-electron chi connectivity index (χ0n) is 14.7. The van der Waals surface area contributed by atoms with Crippen LogP contribution in [0.1, 0.15) is 17.5 Å². The van der Waals surface area contributed by atoms with Crippen molar-refractivity contribution in [3.8, 4) is 5.75 Å². The third-order valence-electron chi connectivity index (χ3n) is 4.10. The standard InChI is InChI=1S/C20H20Cl3N3O/c21-16-5-6-20(27-13-17-18(22)3-1-4-19(17)23)15(11-16)12-24-7-2-9-26-10-8-25-14-26/h1,3-6,8,10-11,14,24H,2,7,9,12-13H2. The summed E-state index contributed by atoms with van der Waals surface area (Å²) < 4.78 is 8.03. The highest BCUT2D eigenvalue weighted by Gasteiger charge is 2.09. The molecular weight excluding hydrogens is 405 g/mol. The Morgan fingerprint density at radius 3 is 2.63 bits per heavy atom. The largest absolute Gasteiger partial charge is 0.488 e. The van der Waals surface area contributed by atoms with Crippen LogP contribution in [0, 0.1) is 0 Å². The third-order valence-corrected chi connectivity index (χ3v) is 5.04. The fraction of sp³-hybridized carbons (Fsp3) is 0.250. The van der Waals surface area contributed by atoms with Crippen molar-refractivity contribution in [2.45, 2.75) is 26.1 Å². The van der Waals surface area contributed by atoms with Crippen molar-refractivity contribution in [2.75, 3.05) is 6.54 Å². The lowest BCUT2D eigenvalue weighted by atomic mass is 10.2. The van der Waals surface area contributed by atoms with Crippen LogP contribution in [-0.2, 0) is 19.7 Å². The van der Waals surface area contributed by atoms with Crippen LogP contribution in [0.4, 0.5) is 0 Å². The molecule has 0 spiro atoms. The predicted octanol–water partition coefficient (Wildman–Crippen LogP) is 5.60. The van der Waals surface area contributed by atoms with Crippen molar-refractivity contribution >= 4 is 34.8 Å². The summed E-state index contributed by atoms with van der Waals surface area (Å²) in [4.78, 5) is 4.04. The fourth-order valence-electron chi connectivity index (χ4n) is 2.68. The number of aromatic nitrogens is 2. The van der Waals surface area contributed by atoms with E-state index in [0.29, 0.717) is 28.2 Å². The van der Waals surface area contributed by atoms with Gasteiger partial charge in [-0.05, 0) is 43.3 Å². The van der Waals surface area contributed by atoms with E-state index in [4.69, 9.17) is 39.5 Å². The first kappa shape index (κ1) is 20.0. The molecule has 1 aromatic heterocycles. The molecular formula is C20H20Cl3N3O. The SMILES string of the molecule is Clc1ccc(OCc2c(Cl)cccc2Cl)c(CNCCCn2ccnc2)c1. The van der Waals surface area contributed by atoms with E-state index in [1.807, 2.05) is 36.8 Å². The lowest BCUT2D eigenvalue weighted by Crippen LogP contribution is -2.17. The second kappa shape index (κ2) is 10.00. The first-order chi connectivity index (χ1) is 13.1. The van der Waals surface area contributed by atoms with E-state index in [-0.39, 0.29) is 0 Å². The van der Waals surface area contributed by atoms with Crippen LogP contribution >= 0.6 is 34.8 Å². The highest BCUT2D eigenvalue weighted by Crippen LogP contribution is 2.28. The normalized spacial score (nSPS) is 10.9. The van der Waals surface area contributed by atoms with Crippen LogP contribution in [0.3, 0.4) is 0 Å². The number of nitrogens with one attached hydrogen (secondary N) is 1. The average molecular weight is 425 g/mol. The number of hydrogen-bond donors (Lipinski definition) is 1. The van der Waals surface area contributed by atoms with Gasteiger partial charge < -0.3 is 14.6 Å². The number of aryl methyl sites for hydroxylation is 1. The summed E-state index contributed by atoms with van der Waals surface area (Å²) >= 11 is 18.6. The Bertz CT molecular complexity index is 849. The minimum Gasteiger partial charge on any atom is -0.488 e. The molecule has 3 rings (SSSR count). The van der Waals surface area contributed by atoms with E-state index >= 15 is 0 Å². The summed E-state index contributed by atoms with van der Waals surface area (Å²) in [6.45, 7) is 2.77. The second-order valence-electron chi connectivity index (χ2n) is 6.07. The van der Waals surface area contributed by atoms with E-state index in [1.165, 1.54) is 0 Å². The quantitative estimate of drug-likeness (QED) is 0.454. The van der Waals surface area contributed by atoms with Crippen LogP contribution in [0.2, 0.25) is 15.1 Å². The van der Waals surface area contributed by atoms with E-state index in [0.717, 1.165) is 36.4 Å². The van der Waals surface area contributed by atoms with Crippen molar-refractivity contribution in [3.63, 3.8) is 0 Å². The Kier molecular flexibility index (Phi) is 7.41. The summed E-state index contributed by atoms with van der Waals surface area (Å²) in [5.41, 5.74) is 1.77. The molecule has 0 unspecified atom stereocenters. The summed E-state index contributed by atoms with van der Waals surface area (Å²) in [5.74, 6) is 0.762. The number of benzene rings is 2. The Morgan fingerprint density at radius 1 is 1.07 bits per heavy atom. The molecule has 27 heavy (non-hydrogen) atoms. The van der Waals surface area contributed by atoms with Gasteiger partial charge in [0.2, 0.25) is 0 Å². The molecule has 0 saturated carbocycles. The maximum absolute atomic E-state index is 6.22. The maximum atomic E-state index is 6.22. The zero-order valence-corrected chi connectivity index (χ0v) is 16.9. The van der Waals surface area contributed by atoms with Gasteiger partial charge in [-0.1, -0.05) is 40.9 Å². The van der Waals surface area contributed by atoms with Crippen LogP contribution in [0.25, 0.3) is 0 Å². The molecule has 0 aliphatic carbocycles. The summed E-state index contributed by atoms with van der Waals surface area (Å²) in [6, 6.07) is 11.0. The van der Waals surface area contributed by atoms with Gasteiger partial charge in [-0.2, -0.15) is 0 Å². The number of ether oxygens (including phenoxy) is 1. The Hall–Kier alpha value is -1.72. The van der Waals surface area contributed by atoms with Crippen molar-refractivity contribution < 1.29 is 4.74 Å². The molecule has 0 fully saturated rings. The third kappa shape index (κ3) is 5.88. The summed E-state index contributed by atoms with van der Waals surface area (Å²) in [6.07, 6.45) is 6.57. The predicted molar refractivity (Wildman–Crippen MR) is 111 cm³/mol. The molecule has 1 N–H and O–H groups in total. The van der Waals surface area contributed by atoms with Crippen LogP contribution < -0.4 is 10.1 Å². The minimum absolute atomic E-state index is 0.299. The van der Waals surface area contributed by atoms with Crippen LogP contribution in [-0.4, -0.2) is 16.1 Å². The Morgan fingerprint density at radius 2 is 1.89 bits per heavy atom. The van der Waals surface area contributed by atoms with Crippen LogP contribution in [0.5, 0.6) is 5.75 Å². The van der Waals surface area contributed by atoms with Crippen molar-refractivity contribution in [3.05, 3.63) is 81.3 Å². The van der Waals surface area contributed by atoms with Gasteiger partial charge in [0.05, 0.1) is 6.33 Å². The van der Waals surface area contributed by atoms with Gasteiger partial charge in [-0.15, -0.1) is 0 Å². The molecule has 0 saturated heterocycles. The first-order valence-electron chi connectivity index (χ1n) is 8.64. The molecule has 1 heterocycles. The lowest BCUT2D eigenvalue weighted by molar-refractivity contribution is 0.302. The maximum Gasteiger partial charge on any atom is 0.124 e. The summed E-state index contributed by atoms with van der Waals surface area (Å²) in [7, 11) is 0. The molecule has 3 aromatic rings. The number of imidazole rings is 1. The molecule has 0 atom stereocenters. The van der Waals surface area contributed by atoms with E-state index in [2.05, 4.69) is 14.9 Å². The molecule has 0 radical (unpaired) electrons.